The second-order valence-corrected chi connectivity index (χ2v) is 10.7. The zero-order valence-corrected chi connectivity index (χ0v) is 25.5. The van der Waals surface area contributed by atoms with Crippen molar-refractivity contribution in [3.05, 3.63) is 115 Å². The molecule has 7 nitrogen and oxygen atoms in total. The number of hydrogen-bond acceptors (Lipinski definition) is 5. The summed E-state index contributed by atoms with van der Waals surface area (Å²) in [7, 11) is 0. The molecule has 1 saturated heterocycles. The van der Waals surface area contributed by atoms with E-state index in [1.54, 1.807) is 18.2 Å². The van der Waals surface area contributed by atoms with Crippen LogP contribution in [0.1, 0.15) is 44.4 Å². The van der Waals surface area contributed by atoms with Crippen molar-refractivity contribution in [3.8, 4) is 12.3 Å². The van der Waals surface area contributed by atoms with Gasteiger partial charge in [0.05, 0.1) is 17.8 Å². The van der Waals surface area contributed by atoms with E-state index >= 15 is 0 Å². The normalized spacial score (nSPS) is 19.3. The molecule has 0 aliphatic carbocycles. The van der Waals surface area contributed by atoms with Crippen LogP contribution in [-0.4, -0.2) is 45.0 Å². The average Bonchev–Trinajstić information content (AvgIpc) is 3.40. The number of nitrogens with one attached hydrogen (secondary N) is 1. The molecule has 2 aliphatic rings. The van der Waals surface area contributed by atoms with Crippen molar-refractivity contribution < 1.29 is 9.53 Å². The Morgan fingerprint density at radius 2 is 2.07 bits per heavy atom. The first kappa shape index (κ1) is 31.1. The lowest BCUT2D eigenvalue weighted by Crippen LogP contribution is -2.44. The number of ether oxygens (including phenoxy) is 1. The van der Waals surface area contributed by atoms with E-state index in [4.69, 9.17) is 16.1 Å². The molecule has 2 aromatic heterocycles. The van der Waals surface area contributed by atoms with Gasteiger partial charge in [0, 0.05) is 42.4 Å². The molecule has 1 N–H and O–H groups in total. The highest BCUT2D eigenvalue weighted by Crippen LogP contribution is 2.39. The second-order valence-electron chi connectivity index (χ2n) is 10.7. The number of amides is 1. The van der Waals surface area contributed by atoms with Crippen LogP contribution in [0.5, 0.6) is 0 Å². The van der Waals surface area contributed by atoms with Crippen LogP contribution in [0.4, 0.5) is 5.82 Å². The number of allylic oxidation sites excluding steroid dienone is 10. The van der Waals surface area contributed by atoms with Crippen molar-refractivity contribution in [2.75, 3.05) is 25.0 Å². The number of rotatable bonds is 10. The molecule has 1 unspecified atom stereocenters. The molecular weight excluding hydrogens is 534 g/mol. The zero-order valence-electron chi connectivity index (χ0n) is 25.5. The lowest BCUT2D eigenvalue weighted by atomic mass is 9.84. The fourth-order valence-corrected chi connectivity index (χ4v) is 5.58. The number of carbonyl (C=O) groups is 1. The maximum absolute atomic E-state index is 14.0. The Labute approximate surface area is 255 Å². The molecule has 0 spiro atoms. The summed E-state index contributed by atoms with van der Waals surface area (Å²) in [4.78, 5) is 20.8. The van der Waals surface area contributed by atoms with Crippen molar-refractivity contribution >= 4 is 22.9 Å². The number of anilines is 1. The van der Waals surface area contributed by atoms with Gasteiger partial charge in [-0.25, -0.2) is 4.98 Å². The number of aryl methyl sites for hydroxylation is 1. The first-order valence-corrected chi connectivity index (χ1v) is 14.8. The number of likely N-dealkylation sites (tertiary alicyclic amines) is 1. The molecular formula is C36H41N5O2. The number of terminal acetylenes is 1. The number of piperidine rings is 1. The third-order valence-electron chi connectivity index (χ3n) is 7.88. The van der Waals surface area contributed by atoms with Gasteiger partial charge in [-0.05, 0) is 56.8 Å². The first-order chi connectivity index (χ1) is 20.9. The number of nitrogens with zero attached hydrogens (tertiary/aromatic N) is 4. The van der Waals surface area contributed by atoms with Crippen LogP contribution < -0.4 is 5.32 Å². The van der Waals surface area contributed by atoms with Gasteiger partial charge in [0.25, 0.3) is 0 Å². The van der Waals surface area contributed by atoms with E-state index in [2.05, 4.69) is 49.1 Å². The lowest BCUT2D eigenvalue weighted by molar-refractivity contribution is -0.134. The zero-order chi connectivity index (χ0) is 30.9. The van der Waals surface area contributed by atoms with E-state index in [-0.39, 0.29) is 5.91 Å². The monoisotopic (exact) mass is 575 g/mol. The molecule has 1 atom stereocenters. The van der Waals surface area contributed by atoms with E-state index < -0.39 is 5.92 Å². The average molecular weight is 576 g/mol. The van der Waals surface area contributed by atoms with Crippen LogP contribution in [-0.2, 0) is 9.53 Å². The van der Waals surface area contributed by atoms with Gasteiger partial charge in [-0.2, -0.15) is 9.61 Å². The van der Waals surface area contributed by atoms with Crippen LogP contribution in [0.15, 0.2) is 103 Å². The smallest absolute Gasteiger partial charge is 0.234 e. The third kappa shape index (κ3) is 6.81. The van der Waals surface area contributed by atoms with Crippen molar-refractivity contribution in [3.63, 3.8) is 0 Å². The molecule has 2 aromatic rings. The second kappa shape index (κ2) is 14.4. The molecule has 4 rings (SSSR count). The molecule has 0 radical (unpaired) electrons. The summed E-state index contributed by atoms with van der Waals surface area (Å²) in [6.07, 6.45) is 24.3. The number of carbonyl (C=O) groups excluding carboxylic acids is 1. The molecule has 1 amide bonds. The minimum atomic E-state index is -0.513. The summed E-state index contributed by atoms with van der Waals surface area (Å²) >= 11 is 0. The Balaban J connectivity index is 1.49. The topological polar surface area (TPSA) is 71.8 Å². The van der Waals surface area contributed by atoms with Crippen molar-refractivity contribution in [2.24, 2.45) is 11.8 Å². The minimum Gasteiger partial charge on any atom is -0.457 e. The molecule has 0 bridgehead atoms. The SMILES string of the molecule is C#C/C=C\C=C(/CC)c1cc(NCC2CCN(C(=O)C3C(/C=C\C)=C(C=C)OC(=C)/C3=C\C=C)CC2)n2ncc(C)c2n1. The highest BCUT2D eigenvalue weighted by Gasteiger charge is 2.37. The van der Waals surface area contributed by atoms with Crippen LogP contribution in [0.2, 0.25) is 0 Å². The summed E-state index contributed by atoms with van der Waals surface area (Å²) in [5.41, 5.74) is 5.34. The summed E-state index contributed by atoms with van der Waals surface area (Å²) in [5, 5.41) is 8.20. The van der Waals surface area contributed by atoms with Gasteiger partial charge in [0.1, 0.15) is 17.3 Å². The molecule has 43 heavy (non-hydrogen) atoms. The third-order valence-corrected chi connectivity index (χ3v) is 7.88. The highest BCUT2D eigenvalue weighted by molar-refractivity contribution is 5.87. The van der Waals surface area contributed by atoms with Gasteiger partial charge in [-0.15, -0.1) is 6.42 Å². The Hall–Kier alpha value is -4.83. The Bertz CT molecular complexity index is 1600. The van der Waals surface area contributed by atoms with Crippen LogP contribution in [0.3, 0.4) is 0 Å². The summed E-state index contributed by atoms with van der Waals surface area (Å²) in [6.45, 7) is 19.9. The Morgan fingerprint density at radius 3 is 2.72 bits per heavy atom. The fraction of sp³-hybridized carbons (Fsp3) is 0.306. The Morgan fingerprint density at radius 1 is 1.30 bits per heavy atom. The number of hydrogen-bond donors (Lipinski definition) is 1. The molecule has 1 fully saturated rings. The van der Waals surface area contributed by atoms with E-state index in [1.165, 1.54) is 0 Å². The Kier molecular flexibility index (Phi) is 10.4. The van der Waals surface area contributed by atoms with Gasteiger partial charge in [0.15, 0.2) is 5.65 Å². The summed E-state index contributed by atoms with van der Waals surface area (Å²) in [5.74, 6) is 4.36. The van der Waals surface area contributed by atoms with Crippen molar-refractivity contribution in [1.82, 2.24) is 19.5 Å². The van der Waals surface area contributed by atoms with E-state index in [1.807, 2.05) is 59.8 Å². The summed E-state index contributed by atoms with van der Waals surface area (Å²) in [6, 6.07) is 2.05. The maximum Gasteiger partial charge on any atom is 0.234 e. The van der Waals surface area contributed by atoms with Crippen molar-refractivity contribution in [1.29, 1.82) is 0 Å². The van der Waals surface area contributed by atoms with Crippen molar-refractivity contribution in [2.45, 2.75) is 40.0 Å². The van der Waals surface area contributed by atoms with Gasteiger partial charge >= 0.3 is 0 Å². The highest BCUT2D eigenvalue weighted by atomic mass is 16.5. The van der Waals surface area contributed by atoms with Gasteiger partial charge < -0.3 is 15.0 Å². The standard InChI is InChI=1S/C36H41N5O2/c1-8-13-14-17-28(11-4)31-22-33(41-35(39-31)25(6)23-38-41)37-24-27-18-20-40(21-19-27)36(42)34-29(15-9-2)26(7)43-32(12-5)30(34)16-10-3/h1,9-10,12-17,22-23,27,34,37H,2,5,7,11,18-21,24H2,3-4,6H3/b14-13-,16-10-,28-17+,29-15+. The van der Waals surface area contributed by atoms with Crippen LogP contribution in [0.25, 0.3) is 11.2 Å². The van der Waals surface area contributed by atoms with Crippen LogP contribution >= 0.6 is 0 Å². The molecule has 4 heterocycles. The maximum atomic E-state index is 14.0. The van der Waals surface area contributed by atoms with Gasteiger partial charge in [-0.3, -0.25) is 4.79 Å². The van der Waals surface area contributed by atoms with Gasteiger partial charge in [0.2, 0.25) is 5.91 Å². The molecule has 222 valence electrons. The molecule has 0 saturated carbocycles. The molecule has 7 heteroatoms. The molecule has 2 aliphatic heterocycles. The molecule has 0 aromatic carbocycles. The predicted molar refractivity (Wildman–Crippen MR) is 176 cm³/mol. The predicted octanol–water partition coefficient (Wildman–Crippen LogP) is 6.96. The van der Waals surface area contributed by atoms with E-state index in [0.29, 0.717) is 30.5 Å². The lowest BCUT2D eigenvalue weighted by Gasteiger charge is -2.37. The quantitative estimate of drug-likeness (QED) is 0.245. The fourth-order valence-electron chi connectivity index (χ4n) is 5.58. The number of aromatic nitrogens is 3. The van der Waals surface area contributed by atoms with Crippen LogP contribution in [0, 0.1) is 31.1 Å². The summed E-state index contributed by atoms with van der Waals surface area (Å²) < 4.78 is 7.77. The first-order valence-electron chi connectivity index (χ1n) is 14.8. The van der Waals surface area contributed by atoms with Gasteiger partial charge in [-0.1, -0.05) is 69.0 Å². The number of fused-ring (bicyclic) bond motifs is 1. The largest absolute Gasteiger partial charge is 0.457 e. The minimum absolute atomic E-state index is 0.0432. The van der Waals surface area contributed by atoms with E-state index in [9.17, 15) is 4.79 Å². The van der Waals surface area contributed by atoms with E-state index in [0.717, 1.165) is 65.2 Å².